The molecule has 0 fully saturated rings. The Labute approximate surface area is 102 Å². The third kappa shape index (κ3) is 2.54. The van der Waals surface area contributed by atoms with Gasteiger partial charge < -0.3 is 5.73 Å². The van der Waals surface area contributed by atoms with Gasteiger partial charge in [0.05, 0.1) is 15.5 Å². The van der Waals surface area contributed by atoms with Crippen molar-refractivity contribution in [2.24, 2.45) is 0 Å². The first kappa shape index (κ1) is 11.4. The SMILES string of the molecule is Nc1cccnc1Sc1ccccc1[N+](=O)[O-]. The van der Waals surface area contributed by atoms with E-state index in [9.17, 15) is 10.1 Å². The Morgan fingerprint density at radius 3 is 2.71 bits per heavy atom. The summed E-state index contributed by atoms with van der Waals surface area (Å²) in [4.78, 5) is 15.0. The van der Waals surface area contributed by atoms with Crippen molar-refractivity contribution < 1.29 is 4.92 Å². The lowest BCUT2D eigenvalue weighted by Crippen LogP contribution is -1.93. The highest BCUT2D eigenvalue weighted by molar-refractivity contribution is 7.99. The highest BCUT2D eigenvalue weighted by Crippen LogP contribution is 2.35. The molecule has 2 aromatic rings. The first-order valence-corrected chi connectivity index (χ1v) is 5.62. The zero-order valence-electron chi connectivity index (χ0n) is 8.74. The number of hydrogen-bond acceptors (Lipinski definition) is 5. The Morgan fingerprint density at radius 2 is 2.00 bits per heavy atom. The molecular weight excluding hydrogens is 238 g/mol. The van der Waals surface area contributed by atoms with Crippen LogP contribution in [-0.4, -0.2) is 9.91 Å². The summed E-state index contributed by atoms with van der Waals surface area (Å²) in [5.41, 5.74) is 6.31. The number of benzene rings is 1. The van der Waals surface area contributed by atoms with Gasteiger partial charge in [-0.2, -0.15) is 0 Å². The molecule has 17 heavy (non-hydrogen) atoms. The largest absolute Gasteiger partial charge is 0.397 e. The number of hydrogen-bond donors (Lipinski definition) is 1. The van der Waals surface area contributed by atoms with Crippen LogP contribution in [0, 0.1) is 10.1 Å². The standard InChI is InChI=1S/C11H9N3O2S/c12-8-4-3-7-13-11(8)17-10-6-2-1-5-9(10)14(15)16/h1-7H,12H2. The van der Waals surface area contributed by atoms with Gasteiger partial charge in [-0.25, -0.2) is 4.98 Å². The number of nitro benzene ring substituents is 1. The molecule has 0 aliphatic heterocycles. The first-order chi connectivity index (χ1) is 8.18. The van der Waals surface area contributed by atoms with Crippen LogP contribution in [0.3, 0.4) is 0 Å². The number of rotatable bonds is 3. The van der Waals surface area contributed by atoms with Crippen LogP contribution in [0.5, 0.6) is 0 Å². The number of pyridine rings is 1. The number of nitro groups is 1. The van der Waals surface area contributed by atoms with Gasteiger partial charge in [0.2, 0.25) is 0 Å². The third-order valence-electron chi connectivity index (χ3n) is 2.07. The van der Waals surface area contributed by atoms with Crippen molar-refractivity contribution in [1.29, 1.82) is 0 Å². The molecule has 0 spiro atoms. The van der Waals surface area contributed by atoms with Gasteiger partial charge in [-0.05, 0) is 18.2 Å². The van der Waals surface area contributed by atoms with Crippen molar-refractivity contribution in [2.75, 3.05) is 5.73 Å². The van der Waals surface area contributed by atoms with E-state index in [2.05, 4.69) is 4.98 Å². The van der Waals surface area contributed by atoms with Gasteiger partial charge in [-0.3, -0.25) is 10.1 Å². The van der Waals surface area contributed by atoms with Crippen molar-refractivity contribution in [3.63, 3.8) is 0 Å². The molecule has 1 aromatic heterocycles. The van der Waals surface area contributed by atoms with Gasteiger partial charge in [0.1, 0.15) is 5.03 Å². The molecule has 0 saturated carbocycles. The van der Waals surface area contributed by atoms with Gasteiger partial charge >= 0.3 is 0 Å². The second-order valence-electron chi connectivity index (χ2n) is 3.22. The molecule has 0 bridgehead atoms. The highest BCUT2D eigenvalue weighted by Gasteiger charge is 2.14. The number of anilines is 1. The topological polar surface area (TPSA) is 82.0 Å². The molecule has 1 aromatic carbocycles. The predicted octanol–water partition coefficient (Wildman–Crippen LogP) is 2.72. The Balaban J connectivity index is 2.37. The minimum Gasteiger partial charge on any atom is -0.397 e. The van der Waals surface area contributed by atoms with Crippen LogP contribution >= 0.6 is 11.8 Å². The average molecular weight is 247 g/mol. The molecule has 5 nitrogen and oxygen atoms in total. The van der Waals surface area contributed by atoms with E-state index < -0.39 is 4.92 Å². The Morgan fingerprint density at radius 1 is 1.24 bits per heavy atom. The Bertz CT molecular complexity index is 560. The van der Waals surface area contributed by atoms with Crippen molar-refractivity contribution in [3.05, 3.63) is 52.7 Å². The van der Waals surface area contributed by atoms with E-state index in [1.54, 1.807) is 36.5 Å². The molecule has 0 aliphatic carbocycles. The van der Waals surface area contributed by atoms with Crippen molar-refractivity contribution in [2.45, 2.75) is 9.92 Å². The number of nitrogens with zero attached hydrogens (tertiary/aromatic N) is 2. The summed E-state index contributed by atoms with van der Waals surface area (Å²) >= 11 is 1.19. The quantitative estimate of drug-likeness (QED) is 0.666. The fourth-order valence-corrected chi connectivity index (χ4v) is 2.19. The van der Waals surface area contributed by atoms with E-state index in [0.29, 0.717) is 15.6 Å². The second-order valence-corrected chi connectivity index (χ2v) is 4.26. The lowest BCUT2D eigenvalue weighted by molar-refractivity contribution is -0.387. The van der Waals surface area contributed by atoms with Crippen LogP contribution in [0.2, 0.25) is 0 Å². The monoisotopic (exact) mass is 247 g/mol. The summed E-state index contributed by atoms with van der Waals surface area (Å²) < 4.78 is 0. The van der Waals surface area contributed by atoms with Crippen molar-refractivity contribution in [1.82, 2.24) is 4.98 Å². The molecular formula is C11H9N3O2S. The molecule has 0 radical (unpaired) electrons. The summed E-state index contributed by atoms with van der Waals surface area (Å²) in [6.07, 6.45) is 1.60. The van der Waals surface area contributed by atoms with Crippen LogP contribution in [0.15, 0.2) is 52.5 Å². The lowest BCUT2D eigenvalue weighted by Gasteiger charge is -2.04. The van der Waals surface area contributed by atoms with Gasteiger partial charge in [0.15, 0.2) is 0 Å². The van der Waals surface area contributed by atoms with Gasteiger partial charge in [0, 0.05) is 12.3 Å². The smallest absolute Gasteiger partial charge is 0.283 e. The molecule has 2 rings (SSSR count). The van der Waals surface area contributed by atoms with E-state index in [4.69, 9.17) is 5.73 Å². The van der Waals surface area contributed by atoms with Crippen LogP contribution < -0.4 is 5.73 Å². The average Bonchev–Trinajstić information content (AvgIpc) is 2.32. The molecule has 6 heteroatoms. The summed E-state index contributed by atoms with van der Waals surface area (Å²) in [6, 6.07) is 9.94. The molecule has 0 atom stereocenters. The fourth-order valence-electron chi connectivity index (χ4n) is 1.29. The summed E-state index contributed by atoms with van der Waals surface area (Å²) in [6.45, 7) is 0. The molecule has 2 N–H and O–H groups in total. The Kier molecular flexibility index (Phi) is 3.24. The van der Waals surface area contributed by atoms with Gasteiger partial charge in [-0.15, -0.1) is 0 Å². The van der Waals surface area contributed by atoms with Gasteiger partial charge in [-0.1, -0.05) is 23.9 Å². The van der Waals surface area contributed by atoms with Gasteiger partial charge in [0.25, 0.3) is 5.69 Å². The molecule has 0 aliphatic rings. The Hall–Kier alpha value is -2.08. The van der Waals surface area contributed by atoms with E-state index >= 15 is 0 Å². The predicted molar refractivity (Wildman–Crippen MR) is 65.9 cm³/mol. The fraction of sp³-hybridized carbons (Fsp3) is 0. The van der Waals surface area contributed by atoms with E-state index in [-0.39, 0.29) is 5.69 Å². The zero-order chi connectivity index (χ0) is 12.3. The van der Waals surface area contributed by atoms with Crippen LogP contribution in [-0.2, 0) is 0 Å². The van der Waals surface area contributed by atoms with E-state index in [1.165, 1.54) is 17.8 Å². The molecule has 86 valence electrons. The second kappa shape index (κ2) is 4.84. The first-order valence-electron chi connectivity index (χ1n) is 4.80. The number of aromatic nitrogens is 1. The van der Waals surface area contributed by atoms with Crippen LogP contribution in [0.1, 0.15) is 0 Å². The van der Waals surface area contributed by atoms with Crippen molar-refractivity contribution in [3.8, 4) is 0 Å². The van der Waals surface area contributed by atoms with Crippen LogP contribution in [0.25, 0.3) is 0 Å². The minimum absolute atomic E-state index is 0.0579. The number of para-hydroxylation sites is 1. The number of nitrogens with two attached hydrogens (primary N) is 1. The van der Waals surface area contributed by atoms with Crippen LogP contribution in [0.4, 0.5) is 11.4 Å². The maximum Gasteiger partial charge on any atom is 0.283 e. The zero-order valence-corrected chi connectivity index (χ0v) is 9.55. The third-order valence-corrected chi connectivity index (χ3v) is 3.17. The minimum atomic E-state index is -0.415. The normalized spacial score (nSPS) is 10.1. The van der Waals surface area contributed by atoms with E-state index in [1.807, 2.05) is 0 Å². The summed E-state index contributed by atoms with van der Waals surface area (Å²) in [5, 5.41) is 11.4. The number of nitrogen functional groups attached to an aromatic ring is 1. The summed E-state index contributed by atoms with van der Waals surface area (Å²) in [7, 11) is 0. The molecule has 1 heterocycles. The summed E-state index contributed by atoms with van der Waals surface area (Å²) in [5.74, 6) is 0. The maximum atomic E-state index is 10.8. The molecule has 0 amide bonds. The maximum absolute atomic E-state index is 10.8. The molecule has 0 unspecified atom stereocenters. The van der Waals surface area contributed by atoms with Crippen molar-refractivity contribution >= 4 is 23.1 Å². The van der Waals surface area contributed by atoms with E-state index in [0.717, 1.165) is 0 Å². The highest BCUT2D eigenvalue weighted by atomic mass is 32.2. The lowest BCUT2D eigenvalue weighted by atomic mass is 10.3. The molecule has 0 saturated heterocycles.